The molecule has 1 rings (SSSR count). The van der Waals surface area contributed by atoms with Crippen molar-refractivity contribution in [3.8, 4) is 0 Å². The molecule has 1 N–H and O–H groups in total. The zero-order chi connectivity index (χ0) is 13.1. The van der Waals surface area contributed by atoms with Crippen LogP contribution in [0.4, 0.5) is 13.2 Å². The Hall–Kier alpha value is 0.214. The number of hydrogen-bond acceptors (Lipinski definition) is 4. The maximum absolute atomic E-state index is 12.6. The molecule has 0 amide bonds. The van der Waals surface area contributed by atoms with Crippen molar-refractivity contribution in [1.29, 1.82) is 0 Å². The quantitative estimate of drug-likeness (QED) is 0.694. The second-order valence-electron chi connectivity index (χ2n) is 4.28. The lowest BCUT2D eigenvalue weighted by atomic mass is 11.6. The topological polar surface area (TPSA) is 65.0 Å². The summed E-state index contributed by atoms with van der Waals surface area (Å²) in [7, 11) is -13.2. The highest BCUT2D eigenvalue weighted by Gasteiger charge is 2.70. The minimum absolute atomic E-state index is 1.26. The average molecular weight is 298 g/mol. The number of alkyl halides is 3. The molecule has 0 saturated carbocycles. The predicted molar refractivity (Wildman–Crippen MR) is 55.0 cm³/mol. The molecule has 98 valence electrons. The van der Waals surface area contributed by atoms with E-state index in [1.54, 1.807) is 0 Å². The highest BCUT2D eigenvalue weighted by molar-refractivity contribution is 8.09. The second kappa shape index (κ2) is 3.15. The molecule has 1 fully saturated rings. The molecule has 0 aromatic carbocycles. The summed E-state index contributed by atoms with van der Waals surface area (Å²) < 4.78 is 72.6. The molecule has 0 radical (unpaired) electrons. The minimum Gasteiger partial charge on any atom is -0.414 e. The van der Waals surface area contributed by atoms with E-state index in [1.807, 2.05) is 0 Å². The summed E-state index contributed by atoms with van der Waals surface area (Å²) in [5, 5.41) is 0. The summed E-state index contributed by atoms with van der Waals surface area (Å²) in [6.07, 6.45) is 0. The first kappa shape index (κ1) is 14.3. The van der Waals surface area contributed by atoms with Crippen LogP contribution in [0, 0.1) is 0 Å². The highest BCUT2D eigenvalue weighted by Crippen LogP contribution is 2.50. The fourth-order valence-electron chi connectivity index (χ4n) is 1.45. The number of halogens is 3. The van der Waals surface area contributed by atoms with Crippen molar-refractivity contribution in [3.63, 3.8) is 0 Å². The van der Waals surface area contributed by atoms with Gasteiger partial charge in [0.2, 0.25) is 0 Å². The van der Waals surface area contributed by atoms with Crippen LogP contribution in [0.25, 0.3) is 0 Å². The van der Waals surface area contributed by atoms with Crippen LogP contribution >= 0.6 is 0 Å². The first-order chi connectivity index (χ1) is 6.66. The van der Waals surface area contributed by atoms with E-state index in [1.165, 1.54) is 26.2 Å². The molecule has 0 unspecified atom stereocenters. The van der Waals surface area contributed by atoms with Crippen molar-refractivity contribution in [1.82, 2.24) is 0 Å². The van der Waals surface area contributed by atoms with Crippen LogP contribution in [0.5, 0.6) is 0 Å². The fraction of sp³-hybridized carbons (Fsp3) is 1.00. The van der Waals surface area contributed by atoms with Gasteiger partial charge in [-0.3, -0.25) is 12.3 Å². The Morgan fingerprint density at radius 3 is 1.62 bits per heavy atom. The van der Waals surface area contributed by atoms with Crippen LogP contribution in [0.15, 0.2) is 0 Å². The van der Waals surface area contributed by atoms with Crippen LogP contribution in [-0.2, 0) is 21.8 Å². The van der Waals surface area contributed by atoms with Crippen LogP contribution < -0.4 is 0 Å². The molecule has 0 bridgehead atoms. The predicted octanol–water partition coefficient (Wildman–Crippen LogP) is 2.10. The van der Waals surface area contributed by atoms with E-state index in [4.69, 9.17) is 4.12 Å². The lowest BCUT2D eigenvalue weighted by Crippen LogP contribution is -2.68. The van der Waals surface area contributed by atoms with Crippen LogP contribution in [0.1, 0.15) is 0 Å². The standard InChI is InChI=1S/C5H13F3O5SSi2/c1-15(2)11-14(9,10,5(6,7)8)12-16(3,4)13-15/h1-4H3,(H,9,10). The highest BCUT2D eigenvalue weighted by atomic mass is 32.3. The van der Waals surface area contributed by atoms with Crippen molar-refractivity contribution in [2.24, 2.45) is 0 Å². The zero-order valence-electron chi connectivity index (χ0n) is 9.12. The van der Waals surface area contributed by atoms with Crippen molar-refractivity contribution in [2.45, 2.75) is 31.7 Å². The lowest BCUT2D eigenvalue weighted by molar-refractivity contribution is -0.0801. The molecule has 1 saturated heterocycles. The average Bonchev–Trinajstić information content (AvgIpc) is 1.69. The van der Waals surface area contributed by atoms with E-state index in [0.717, 1.165) is 0 Å². The Labute approximate surface area is 93.0 Å². The van der Waals surface area contributed by atoms with E-state index in [0.29, 0.717) is 0 Å². The SMILES string of the molecule is C[Si]1(C)O[Si](C)(C)OS(=O)(O)(C(F)(F)F)O1. The molecule has 16 heavy (non-hydrogen) atoms. The summed E-state index contributed by atoms with van der Waals surface area (Å²) in [6.45, 7) is 5.06. The summed E-state index contributed by atoms with van der Waals surface area (Å²) >= 11 is 0. The molecule has 1 aliphatic rings. The van der Waals surface area contributed by atoms with Crippen molar-refractivity contribution in [3.05, 3.63) is 0 Å². The van der Waals surface area contributed by atoms with Gasteiger partial charge in [-0.15, -0.1) is 0 Å². The Bertz CT molecular complexity index is 359. The van der Waals surface area contributed by atoms with Gasteiger partial charge >= 0.3 is 22.6 Å². The zero-order valence-corrected chi connectivity index (χ0v) is 11.9. The van der Waals surface area contributed by atoms with Gasteiger partial charge in [0.25, 0.3) is 9.91 Å². The maximum Gasteiger partial charge on any atom is 0.516 e. The van der Waals surface area contributed by atoms with Crippen molar-refractivity contribution in [2.75, 3.05) is 0 Å². The van der Waals surface area contributed by atoms with Gasteiger partial charge in [0.05, 0.1) is 0 Å². The summed E-state index contributed by atoms with van der Waals surface area (Å²) in [6, 6.07) is 0. The Balaban J connectivity index is 3.31. The van der Waals surface area contributed by atoms with Gasteiger partial charge < -0.3 is 4.12 Å². The second-order valence-corrected chi connectivity index (χ2v) is 14.0. The van der Waals surface area contributed by atoms with Gasteiger partial charge in [0, 0.05) is 0 Å². The molecule has 1 heterocycles. The van der Waals surface area contributed by atoms with Crippen molar-refractivity contribution < 1.29 is 33.8 Å². The van der Waals surface area contributed by atoms with Crippen LogP contribution in [0.3, 0.4) is 0 Å². The smallest absolute Gasteiger partial charge is 0.414 e. The normalized spacial score (nSPS) is 33.6. The molecule has 0 aliphatic carbocycles. The molecule has 0 aromatic heterocycles. The summed E-state index contributed by atoms with van der Waals surface area (Å²) in [4.78, 5) is 0. The lowest BCUT2D eigenvalue weighted by Gasteiger charge is -2.50. The van der Waals surface area contributed by atoms with Gasteiger partial charge in [0.15, 0.2) is 0 Å². The third-order valence-electron chi connectivity index (χ3n) is 1.57. The monoisotopic (exact) mass is 298 g/mol. The van der Waals surface area contributed by atoms with Gasteiger partial charge in [0.1, 0.15) is 0 Å². The molecule has 5 nitrogen and oxygen atoms in total. The van der Waals surface area contributed by atoms with E-state index in [9.17, 15) is 21.9 Å². The number of rotatable bonds is 0. The summed E-state index contributed by atoms with van der Waals surface area (Å²) in [5.41, 5.74) is -5.49. The Kier molecular flexibility index (Phi) is 2.81. The minimum atomic E-state index is -6.57. The van der Waals surface area contributed by atoms with Crippen molar-refractivity contribution >= 4 is 27.0 Å². The van der Waals surface area contributed by atoms with E-state index in [-0.39, 0.29) is 0 Å². The molecule has 0 atom stereocenters. The Morgan fingerprint density at radius 2 is 1.38 bits per heavy atom. The third-order valence-corrected chi connectivity index (χ3v) is 11.8. The van der Waals surface area contributed by atoms with E-state index in [2.05, 4.69) is 7.74 Å². The van der Waals surface area contributed by atoms with Gasteiger partial charge in [-0.2, -0.15) is 17.4 Å². The maximum atomic E-state index is 12.6. The van der Waals surface area contributed by atoms with Gasteiger partial charge in [-0.1, -0.05) is 0 Å². The summed E-state index contributed by atoms with van der Waals surface area (Å²) in [5.74, 6) is 0. The first-order valence-electron chi connectivity index (χ1n) is 4.27. The molecule has 1 aliphatic heterocycles. The van der Waals surface area contributed by atoms with E-state index < -0.39 is 32.5 Å². The molecular formula is C5H13F3O5SSi2. The largest absolute Gasteiger partial charge is 0.516 e. The van der Waals surface area contributed by atoms with E-state index >= 15 is 0 Å². The van der Waals surface area contributed by atoms with Crippen LogP contribution in [-0.4, -0.2) is 31.4 Å². The molecular weight excluding hydrogens is 285 g/mol. The fourth-order valence-corrected chi connectivity index (χ4v) is 13.9. The molecule has 0 spiro atoms. The first-order valence-corrected chi connectivity index (χ1v) is 11.7. The van der Waals surface area contributed by atoms with Gasteiger partial charge in [-0.25, -0.2) is 0 Å². The van der Waals surface area contributed by atoms with Crippen LogP contribution in [0.2, 0.25) is 26.2 Å². The molecule has 0 aromatic rings. The molecule has 11 heteroatoms. The Morgan fingerprint density at radius 1 is 1.06 bits per heavy atom. The number of hydrogen-bond donors (Lipinski definition) is 1. The van der Waals surface area contributed by atoms with Gasteiger partial charge in [-0.05, 0) is 26.2 Å². The third kappa shape index (κ3) is 2.39.